The molecule has 0 unspecified atom stereocenters. The van der Waals surface area contributed by atoms with Gasteiger partial charge in [-0.15, -0.1) is 0 Å². The Balaban J connectivity index is 1.52. The van der Waals surface area contributed by atoms with Crippen LogP contribution in [0.25, 0.3) is 11.1 Å². The van der Waals surface area contributed by atoms with Gasteiger partial charge in [-0.3, -0.25) is 4.90 Å². The van der Waals surface area contributed by atoms with Crippen molar-refractivity contribution in [3.8, 4) is 16.9 Å². The molecule has 0 bridgehead atoms. The molecule has 0 atom stereocenters. The number of nitrogens with zero attached hydrogens (tertiary/aromatic N) is 2. The fraction of sp³-hybridized carbons (Fsp3) is 0.500. The van der Waals surface area contributed by atoms with E-state index in [9.17, 15) is 5.11 Å². The summed E-state index contributed by atoms with van der Waals surface area (Å²) in [7, 11) is 0. The van der Waals surface area contributed by atoms with Crippen molar-refractivity contribution in [3.63, 3.8) is 0 Å². The minimum atomic E-state index is 0.290. The number of phenolic OH excluding ortho intramolecular Hbond substituents is 1. The molecule has 2 aliphatic rings. The largest absolute Gasteiger partial charge is 0.508 e. The summed E-state index contributed by atoms with van der Waals surface area (Å²) < 4.78 is 5.25. The van der Waals surface area contributed by atoms with Crippen molar-refractivity contribution >= 4 is 0 Å². The maximum absolute atomic E-state index is 10.1. The van der Waals surface area contributed by atoms with Gasteiger partial charge in [0.1, 0.15) is 11.5 Å². The van der Waals surface area contributed by atoms with Gasteiger partial charge in [0.15, 0.2) is 0 Å². The maximum atomic E-state index is 10.1. The van der Waals surface area contributed by atoms with Gasteiger partial charge in [-0.05, 0) is 61.4 Å². The molecule has 4 rings (SSSR count). The number of aryl methyl sites for hydroxylation is 2. The number of rotatable bonds is 3. The molecule has 0 amide bonds. The Morgan fingerprint density at radius 1 is 1.30 bits per heavy atom. The summed E-state index contributed by atoms with van der Waals surface area (Å²) in [6, 6.07) is 6.16. The third-order valence-electron chi connectivity index (χ3n) is 5.21. The van der Waals surface area contributed by atoms with E-state index in [4.69, 9.17) is 10.3 Å². The predicted molar refractivity (Wildman–Crippen MR) is 88.0 cm³/mol. The standard InChI is InChI=1S/C18H23N3O2/c1-11-17(12(2)23-20-11)14-3-13(4-16(22)5-14)8-21-9-18(10-21)6-15(19)7-18/h3-5,15,22H,6-10,19H2,1-2H3. The van der Waals surface area contributed by atoms with Gasteiger partial charge in [-0.25, -0.2) is 0 Å². The Labute approximate surface area is 136 Å². The highest BCUT2D eigenvalue weighted by atomic mass is 16.5. The highest BCUT2D eigenvalue weighted by molar-refractivity contribution is 5.69. The molecular formula is C18H23N3O2. The normalized spacial score (nSPS) is 20.5. The molecule has 1 aliphatic heterocycles. The zero-order valence-electron chi connectivity index (χ0n) is 13.7. The summed E-state index contributed by atoms with van der Waals surface area (Å²) in [5.41, 5.74) is 10.3. The van der Waals surface area contributed by atoms with Crippen molar-refractivity contribution in [2.45, 2.75) is 39.3 Å². The molecule has 2 aromatic rings. The minimum absolute atomic E-state index is 0.290. The molecule has 1 aromatic carbocycles. The van der Waals surface area contributed by atoms with Crippen molar-refractivity contribution in [3.05, 3.63) is 35.2 Å². The van der Waals surface area contributed by atoms with Gasteiger partial charge < -0.3 is 15.4 Å². The quantitative estimate of drug-likeness (QED) is 0.911. The number of benzene rings is 1. The van der Waals surface area contributed by atoms with E-state index >= 15 is 0 Å². The van der Waals surface area contributed by atoms with Gasteiger partial charge in [0, 0.05) is 31.2 Å². The van der Waals surface area contributed by atoms with E-state index in [1.807, 2.05) is 19.9 Å². The van der Waals surface area contributed by atoms with Gasteiger partial charge in [-0.1, -0.05) is 5.16 Å². The monoisotopic (exact) mass is 313 g/mol. The molecule has 122 valence electrons. The molecule has 0 radical (unpaired) electrons. The highest BCUT2D eigenvalue weighted by Gasteiger charge is 2.50. The average Bonchev–Trinajstić information content (AvgIpc) is 2.73. The second-order valence-electron chi connectivity index (χ2n) is 7.40. The van der Waals surface area contributed by atoms with Crippen molar-refractivity contribution in [2.24, 2.45) is 11.1 Å². The fourth-order valence-electron chi connectivity index (χ4n) is 4.39. The van der Waals surface area contributed by atoms with E-state index < -0.39 is 0 Å². The first-order chi connectivity index (χ1) is 10.9. The lowest BCUT2D eigenvalue weighted by Gasteiger charge is -2.58. The summed E-state index contributed by atoms with van der Waals surface area (Å²) >= 11 is 0. The number of nitrogens with two attached hydrogens (primary N) is 1. The zero-order valence-corrected chi connectivity index (χ0v) is 13.7. The molecule has 23 heavy (non-hydrogen) atoms. The van der Waals surface area contributed by atoms with Crippen LogP contribution in [0.4, 0.5) is 0 Å². The second kappa shape index (κ2) is 5.08. The predicted octanol–water partition coefficient (Wildman–Crippen LogP) is 2.59. The summed E-state index contributed by atoms with van der Waals surface area (Å²) in [5.74, 6) is 1.07. The lowest BCUT2D eigenvalue weighted by Crippen LogP contribution is -2.64. The molecule has 5 heteroatoms. The summed E-state index contributed by atoms with van der Waals surface area (Å²) in [6.45, 7) is 6.93. The Morgan fingerprint density at radius 2 is 2.04 bits per heavy atom. The molecule has 2 heterocycles. The number of hydrogen-bond acceptors (Lipinski definition) is 5. The summed E-state index contributed by atoms with van der Waals surface area (Å²) in [4.78, 5) is 2.43. The number of phenols is 1. The number of hydrogen-bond donors (Lipinski definition) is 2. The van der Waals surface area contributed by atoms with Crippen LogP contribution in [-0.4, -0.2) is 34.3 Å². The Hall–Kier alpha value is -1.85. The van der Waals surface area contributed by atoms with Crippen LogP contribution in [0.2, 0.25) is 0 Å². The molecule has 3 N–H and O–H groups in total. The SMILES string of the molecule is Cc1noc(C)c1-c1cc(O)cc(CN2CC3(CC(N)C3)C2)c1. The van der Waals surface area contributed by atoms with Crippen LogP contribution in [0.5, 0.6) is 5.75 Å². The van der Waals surface area contributed by atoms with Crippen molar-refractivity contribution < 1.29 is 9.63 Å². The number of likely N-dealkylation sites (tertiary alicyclic amines) is 1. The van der Waals surface area contributed by atoms with E-state index in [1.165, 1.54) is 0 Å². The van der Waals surface area contributed by atoms with Gasteiger partial charge in [0.2, 0.25) is 0 Å². The van der Waals surface area contributed by atoms with Crippen molar-refractivity contribution in [1.29, 1.82) is 0 Å². The van der Waals surface area contributed by atoms with Gasteiger partial charge in [0.05, 0.1) is 5.69 Å². The van der Waals surface area contributed by atoms with Gasteiger partial charge >= 0.3 is 0 Å². The Morgan fingerprint density at radius 3 is 2.65 bits per heavy atom. The number of aromatic nitrogens is 1. The molecule has 1 aliphatic carbocycles. The van der Waals surface area contributed by atoms with Crippen molar-refractivity contribution in [2.75, 3.05) is 13.1 Å². The number of aromatic hydroxyl groups is 1. The molecule has 5 nitrogen and oxygen atoms in total. The highest BCUT2D eigenvalue weighted by Crippen LogP contribution is 2.48. The Kier molecular flexibility index (Phi) is 3.25. The average molecular weight is 313 g/mol. The van der Waals surface area contributed by atoms with E-state index in [2.05, 4.69) is 16.1 Å². The van der Waals surface area contributed by atoms with E-state index in [-0.39, 0.29) is 0 Å². The van der Waals surface area contributed by atoms with Crippen LogP contribution in [0.15, 0.2) is 22.7 Å². The van der Waals surface area contributed by atoms with Crippen molar-refractivity contribution in [1.82, 2.24) is 10.1 Å². The third kappa shape index (κ3) is 2.54. The van der Waals surface area contributed by atoms with Crippen LogP contribution in [0, 0.1) is 19.3 Å². The molecule has 2 fully saturated rings. The Bertz CT molecular complexity index is 719. The van der Waals surface area contributed by atoms with Gasteiger partial charge in [-0.2, -0.15) is 0 Å². The van der Waals surface area contributed by atoms with E-state index in [0.29, 0.717) is 17.2 Å². The molecular weight excluding hydrogens is 290 g/mol. The van der Waals surface area contributed by atoms with Gasteiger partial charge in [0.25, 0.3) is 0 Å². The van der Waals surface area contributed by atoms with Crippen LogP contribution >= 0.6 is 0 Å². The van der Waals surface area contributed by atoms with E-state index in [0.717, 1.165) is 60.6 Å². The lowest BCUT2D eigenvalue weighted by atomic mass is 9.61. The van der Waals surface area contributed by atoms with Crippen LogP contribution < -0.4 is 5.73 Å². The van der Waals surface area contributed by atoms with E-state index in [1.54, 1.807) is 6.07 Å². The molecule has 1 saturated heterocycles. The summed E-state index contributed by atoms with van der Waals surface area (Å²) in [6.07, 6.45) is 2.32. The maximum Gasteiger partial charge on any atom is 0.141 e. The smallest absolute Gasteiger partial charge is 0.141 e. The first-order valence-corrected chi connectivity index (χ1v) is 8.18. The molecule has 1 spiro atoms. The second-order valence-corrected chi connectivity index (χ2v) is 7.40. The molecule has 1 aromatic heterocycles. The fourth-order valence-corrected chi connectivity index (χ4v) is 4.39. The minimum Gasteiger partial charge on any atom is -0.508 e. The van der Waals surface area contributed by atoms with Crippen LogP contribution in [0.3, 0.4) is 0 Å². The first kappa shape index (κ1) is 14.7. The topological polar surface area (TPSA) is 75.5 Å². The molecule has 1 saturated carbocycles. The third-order valence-corrected chi connectivity index (χ3v) is 5.21. The lowest BCUT2D eigenvalue weighted by molar-refractivity contribution is -0.0752. The summed E-state index contributed by atoms with van der Waals surface area (Å²) in [5, 5.41) is 14.1. The van der Waals surface area contributed by atoms with Crippen LogP contribution in [0.1, 0.15) is 29.9 Å². The van der Waals surface area contributed by atoms with Crippen LogP contribution in [-0.2, 0) is 6.54 Å². The first-order valence-electron chi connectivity index (χ1n) is 8.18. The zero-order chi connectivity index (χ0) is 16.2.